The number of methoxy groups -OCH3 is 2. The van der Waals surface area contributed by atoms with Crippen LogP contribution in [0.1, 0.15) is 78.4 Å². The zero-order valence-corrected chi connectivity index (χ0v) is 23.7. The number of unbranched alkanes of at least 4 members (excludes halogenated alkanes) is 1. The summed E-state index contributed by atoms with van der Waals surface area (Å²) >= 11 is 5.44. The average molecular weight is 501 g/mol. The largest absolute Gasteiger partial charge is 0.497 e. The van der Waals surface area contributed by atoms with Crippen molar-refractivity contribution in [3.8, 4) is 17.2 Å². The van der Waals surface area contributed by atoms with Gasteiger partial charge < -0.3 is 24.8 Å². The van der Waals surface area contributed by atoms with Gasteiger partial charge in [0.15, 0.2) is 5.11 Å². The molecule has 0 spiro atoms. The number of thiocarbonyl (C=S) groups is 1. The van der Waals surface area contributed by atoms with Crippen LogP contribution in [0.25, 0.3) is 0 Å². The first-order valence-electron chi connectivity index (χ1n) is 12.6. The van der Waals surface area contributed by atoms with Gasteiger partial charge in [0.05, 0.1) is 20.8 Å². The summed E-state index contributed by atoms with van der Waals surface area (Å²) in [6, 6.07) is 12.3. The molecule has 2 aromatic carbocycles. The zero-order chi connectivity index (χ0) is 26.1. The van der Waals surface area contributed by atoms with E-state index in [4.69, 9.17) is 26.4 Å². The average Bonchev–Trinajstić information content (AvgIpc) is 2.85. The van der Waals surface area contributed by atoms with E-state index in [0.29, 0.717) is 23.2 Å². The Labute approximate surface area is 217 Å². The van der Waals surface area contributed by atoms with Crippen LogP contribution in [0.4, 0.5) is 5.69 Å². The number of hydrogen-bond acceptors (Lipinski definition) is 4. The molecule has 0 amide bonds. The first-order valence-corrected chi connectivity index (χ1v) is 13.0. The van der Waals surface area contributed by atoms with Gasteiger partial charge in [-0.3, -0.25) is 0 Å². The first kappa shape index (κ1) is 28.8. The third kappa shape index (κ3) is 8.31. The van der Waals surface area contributed by atoms with E-state index in [-0.39, 0.29) is 10.8 Å². The summed E-state index contributed by atoms with van der Waals surface area (Å²) in [6.45, 7) is 15.2. The Morgan fingerprint density at radius 3 is 2.06 bits per heavy atom. The predicted molar refractivity (Wildman–Crippen MR) is 152 cm³/mol. The third-order valence-corrected chi connectivity index (χ3v) is 7.23. The fourth-order valence-corrected chi connectivity index (χ4v) is 3.89. The maximum atomic E-state index is 6.28. The molecule has 2 rings (SSSR count). The van der Waals surface area contributed by atoms with Crippen LogP contribution in [0.15, 0.2) is 36.4 Å². The van der Waals surface area contributed by atoms with Crippen molar-refractivity contribution in [1.82, 2.24) is 5.32 Å². The molecule has 0 unspecified atom stereocenters. The number of nitrogens with one attached hydrogen (secondary N) is 2. The molecule has 5 nitrogen and oxygen atoms in total. The van der Waals surface area contributed by atoms with E-state index >= 15 is 0 Å². The third-order valence-electron chi connectivity index (χ3n) is 6.98. The van der Waals surface area contributed by atoms with Crippen molar-refractivity contribution in [3.63, 3.8) is 0 Å². The second-order valence-corrected chi connectivity index (χ2v) is 10.6. The SMILES string of the molecule is CCC(C)(C)c1ccc(OCCCCNC(=S)Nc2cc(OC)cc(OC)c2)c(C(C)(C)CC)c1. The summed E-state index contributed by atoms with van der Waals surface area (Å²) in [5.74, 6) is 2.43. The molecular formula is C29H44N2O3S. The summed E-state index contributed by atoms with van der Waals surface area (Å²) in [6.07, 6.45) is 4.06. The molecule has 0 heterocycles. The Kier molecular flexibility index (Phi) is 10.7. The van der Waals surface area contributed by atoms with Crippen molar-refractivity contribution in [2.45, 2.75) is 78.1 Å². The summed E-state index contributed by atoms with van der Waals surface area (Å²) in [5.41, 5.74) is 3.73. The molecule has 0 fully saturated rings. The van der Waals surface area contributed by atoms with Gasteiger partial charge in [-0.05, 0) is 60.4 Å². The lowest BCUT2D eigenvalue weighted by atomic mass is 9.76. The minimum Gasteiger partial charge on any atom is -0.497 e. The van der Waals surface area contributed by atoms with Gasteiger partial charge in [-0.25, -0.2) is 0 Å². The molecule has 0 aromatic heterocycles. The van der Waals surface area contributed by atoms with Crippen LogP contribution in [0, 0.1) is 0 Å². The van der Waals surface area contributed by atoms with Crippen LogP contribution in [0.3, 0.4) is 0 Å². The lowest BCUT2D eigenvalue weighted by Crippen LogP contribution is -2.29. The highest BCUT2D eigenvalue weighted by Gasteiger charge is 2.26. The number of benzene rings is 2. The van der Waals surface area contributed by atoms with E-state index in [1.807, 2.05) is 18.2 Å². The van der Waals surface area contributed by atoms with Gasteiger partial charge in [-0.2, -0.15) is 0 Å². The fraction of sp³-hybridized carbons (Fsp3) is 0.552. The lowest BCUT2D eigenvalue weighted by Gasteiger charge is -2.30. The molecule has 2 N–H and O–H groups in total. The Balaban J connectivity index is 1.87. The van der Waals surface area contributed by atoms with Crippen molar-refractivity contribution in [3.05, 3.63) is 47.5 Å². The highest BCUT2D eigenvalue weighted by molar-refractivity contribution is 7.80. The van der Waals surface area contributed by atoms with E-state index in [2.05, 4.69) is 70.4 Å². The Bertz CT molecular complexity index is 950. The normalized spacial score (nSPS) is 11.7. The molecule has 6 heteroatoms. The van der Waals surface area contributed by atoms with E-state index in [1.54, 1.807) is 14.2 Å². The molecule has 0 bridgehead atoms. The highest BCUT2D eigenvalue weighted by Crippen LogP contribution is 2.38. The van der Waals surface area contributed by atoms with Crippen molar-refractivity contribution >= 4 is 23.0 Å². The van der Waals surface area contributed by atoms with E-state index in [1.165, 1.54) is 11.1 Å². The molecule has 0 aliphatic heterocycles. The van der Waals surface area contributed by atoms with Crippen LogP contribution < -0.4 is 24.8 Å². The summed E-state index contributed by atoms with van der Waals surface area (Å²) in [7, 11) is 3.26. The molecule has 0 saturated heterocycles. The van der Waals surface area contributed by atoms with Crippen LogP contribution in [0.5, 0.6) is 17.2 Å². The standard InChI is InChI=1S/C29H44N2O3S/c1-9-28(3,4)21-13-14-26(25(17-21)29(5,6)10-2)34-16-12-11-15-30-27(35)31-22-18-23(32-7)20-24(19-22)33-8/h13-14,17-20H,9-12,15-16H2,1-8H3,(H2,30,31,35). The first-order chi connectivity index (χ1) is 16.6. The van der Waals surface area contributed by atoms with Gasteiger partial charge in [0.2, 0.25) is 0 Å². The van der Waals surface area contributed by atoms with Gasteiger partial charge in [0.1, 0.15) is 17.2 Å². The van der Waals surface area contributed by atoms with E-state index < -0.39 is 0 Å². The minimum atomic E-state index is 0.0668. The van der Waals surface area contributed by atoms with Crippen LogP contribution in [0.2, 0.25) is 0 Å². The van der Waals surface area contributed by atoms with Crippen molar-refractivity contribution < 1.29 is 14.2 Å². The monoisotopic (exact) mass is 500 g/mol. The van der Waals surface area contributed by atoms with Crippen molar-refractivity contribution in [2.24, 2.45) is 0 Å². The quantitative estimate of drug-likeness (QED) is 0.224. The second-order valence-electron chi connectivity index (χ2n) is 10.2. The molecule has 0 radical (unpaired) electrons. The highest BCUT2D eigenvalue weighted by atomic mass is 32.1. The van der Waals surface area contributed by atoms with E-state index in [9.17, 15) is 0 Å². The van der Waals surface area contributed by atoms with Crippen molar-refractivity contribution in [2.75, 3.05) is 32.7 Å². The topological polar surface area (TPSA) is 51.8 Å². The summed E-state index contributed by atoms with van der Waals surface area (Å²) in [5, 5.41) is 7.02. The van der Waals surface area contributed by atoms with E-state index in [0.717, 1.165) is 43.7 Å². The zero-order valence-electron chi connectivity index (χ0n) is 22.8. The minimum absolute atomic E-state index is 0.0668. The van der Waals surface area contributed by atoms with Gasteiger partial charge in [-0.1, -0.05) is 53.7 Å². The fourth-order valence-electron chi connectivity index (χ4n) is 3.67. The van der Waals surface area contributed by atoms with Gasteiger partial charge >= 0.3 is 0 Å². The second kappa shape index (κ2) is 13.0. The Morgan fingerprint density at radius 1 is 0.857 bits per heavy atom. The van der Waals surface area contributed by atoms with Crippen LogP contribution in [-0.2, 0) is 10.8 Å². The lowest BCUT2D eigenvalue weighted by molar-refractivity contribution is 0.296. The number of hydrogen-bond donors (Lipinski definition) is 2. The Morgan fingerprint density at radius 2 is 1.49 bits per heavy atom. The molecule has 0 aliphatic rings. The molecule has 194 valence electrons. The molecule has 2 aromatic rings. The smallest absolute Gasteiger partial charge is 0.170 e. The predicted octanol–water partition coefficient (Wildman–Crippen LogP) is 7.22. The maximum absolute atomic E-state index is 6.28. The van der Waals surface area contributed by atoms with Gasteiger partial charge in [0, 0.05) is 36.0 Å². The number of ether oxygens (including phenoxy) is 3. The maximum Gasteiger partial charge on any atom is 0.170 e. The Hall–Kier alpha value is -2.47. The number of rotatable bonds is 13. The molecule has 0 aliphatic carbocycles. The van der Waals surface area contributed by atoms with Crippen molar-refractivity contribution in [1.29, 1.82) is 0 Å². The molecule has 0 saturated carbocycles. The summed E-state index contributed by atoms with van der Waals surface area (Å²) in [4.78, 5) is 0. The molecular weight excluding hydrogens is 456 g/mol. The molecule has 0 atom stereocenters. The van der Waals surface area contributed by atoms with Gasteiger partial charge in [-0.15, -0.1) is 0 Å². The molecule has 35 heavy (non-hydrogen) atoms. The van der Waals surface area contributed by atoms with Crippen LogP contribution >= 0.6 is 12.2 Å². The van der Waals surface area contributed by atoms with Crippen LogP contribution in [-0.4, -0.2) is 32.5 Å². The summed E-state index contributed by atoms with van der Waals surface area (Å²) < 4.78 is 16.9. The number of anilines is 1. The van der Waals surface area contributed by atoms with Gasteiger partial charge in [0.25, 0.3) is 0 Å².